The second kappa shape index (κ2) is 8.23. The normalized spacial score (nSPS) is 13.0. The Balaban J connectivity index is 2.24. The van der Waals surface area contributed by atoms with Gasteiger partial charge in [0, 0.05) is 12.6 Å². The molecule has 1 atom stereocenters. The first kappa shape index (κ1) is 21.1. The SMILES string of the molecule is Cc1ccc(C(=O)C(C)N(C)S(=O)(=O)c2ccc(OC(C)C)cc2)cc1C. The van der Waals surface area contributed by atoms with Gasteiger partial charge in [0.25, 0.3) is 0 Å². The van der Waals surface area contributed by atoms with Crippen molar-refractivity contribution in [3.63, 3.8) is 0 Å². The van der Waals surface area contributed by atoms with Gasteiger partial charge in [-0.3, -0.25) is 4.79 Å². The Morgan fingerprint density at radius 1 is 0.963 bits per heavy atom. The summed E-state index contributed by atoms with van der Waals surface area (Å²) in [4.78, 5) is 12.9. The lowest BCUT2D eigenvalue weighted by molar-refractivity contribution is 0.0919. The zero-order chi connectivity index (χ0) is 20.4. The van der Waals surface area contributed by atoms with Crippen molar-refractivity contribution in [2.75, 3.05) is 7.05 Å². The van der Waals surface area contributed by atoms with Crippen LogP contribution in [0.1, 0.15) is 42.3 Å². The average molecular weight is 390 g/mol. The lowest BCUT2D eigenvalue weighted by atomic mass is 10.0. The van der Waals surface area contributed by atoms with Crippen molar-refractivity contribution >= 4 is 15.8 Å². The first-order valence-corrected chi connectivity index (χ1v) is 10.3. The molecule has 0 N–H and O–H groups in total. The fourth-order valence-corrected chi connectivity index (χ4v) is 3.96. The van der Waals surface area contributed by atoms with Crippen LogP contribution in [0.25, 0.3) is 0 Å². The fourth-order valence-electron chi connectivity index (χ4n) is 2.64. The number of carbonyl (C=O) groups is 1. The molecule has 146 valence electrons. The van der Waals surface area contributed by atoms with E-state index in [1.54, 1.807) is 31.2 Å². The number of rotatable bonds is 7. The number of sulfonamides is 1. The Hall–Kier alpha value is -2.18. The molecule has 0 bridgehead atoms. The number of carbonyl (C=O) groups excluding carboxylic acids is 1. The van der Waals surface area contributed by atoms with Crippen LogP contribution in [0.3, 0.4) is 0 Å². The molecule has 0 spiro atoms. The summed E-state index contributed by atoms with van der Waals surface area (Å²) in [6.45, 7) is 9.30. The van der Waals surface area contributed by atoms with Crippen LogP contribution in [0.4, 0.5) is 0 Å². The molecule has 2 aromatic carbocycles. The summed E-state index contributed by atoms with van der Waals surface area (Å²) in [7, 11) is -2.37. The molecule has 0 aromatic heterocycles. The third kappa shape index (κ3) is 4.76. The van der Waals surface area contributed by atoms with Crippen LogP contribution in [0.2, 0.25) is 0 Å². The van der Waals surface area contributed by atoms with E-state index in [2.05, 4.69) is 0 Å². The van der Waals surface area contributed by atoms with E-state index in [-0.39, 0.29) is 16.8 Å². The number of nitrogens with zero attached hydrogens (tertiary/aromatic N) is 1. The molecular weight excluding hydrogens is 362 g/mol. The van der Waals surface area contributed by atoms with Crippen LogP contribution >= 0.6 is 0 Å². The van der Waals surface area contributed by atoms with Gasteiger partial charge in [0.2, 0.25) is 10.0 Å². The highest BCUT2D eigenvalue weighted by Gasteiger charge is 2.30. The van der Waals surface area contributed by atoms with Crippen molar-refractivity contribution in [3.05, 3.63) is 59.2 Å². The van der Waals surface area contributed by atoms with Crippen LogP contribution in [-0.2, 0) is 10.0 Å². The highest BCUT2D eigenvalue weighted by atomic mass is 32.2. The number of ketones is 1. The Morgan fingerprint density at radius 3 is 2.07 bits per heavy atom. The minimum atomic E-state index is -3.80. The predicted octanol–water partition coefficient (Wildman–Crippen LogP) is 3.98. The quantitative estimate of drug-likeness (QED) is 0.672. The number of aryl methyl sites for hydroxylation is 2. The highest BCUT2D eigenvalue weighted by Crippen LogP contribution is 2.22. The number of benzene rings is 2. The number of likely N-dealkylation sites (N-methyl/N-ethyl adjacent to an activating group) is 1. The third-order valence-corrected chi connectivity index (χ3v) is 6.53. The first-order valence-electron chi connectivity index (χ1n) is 8.90. The van der Waals surface area contributed by atoms with E-state index < -0.39 is 16.1 Å². The van der Waals surface area contributed by atoms with E-state index in [0.29, 0.717) is 11.3 Å². The molecule has 0 aliphatic heterocycles. The monoisotopic (exact) mass is 389 g/mol. The molecule has 27 heavy (non-hydrogen) atoms. The predicted molar refractivity (Wildman–Crippen MR) is 107 cm³/mol. The van der Waals surface area contributed by atoms with E-state index in [1.165, 1.54) is 19.2 Å². The van der Waals surface area contributed by atoms with Crippen LogP contribution in [0, 0.1) is 13.8 Å². The van der Waals surface area contributed by atoms with Gasteiger partial charge >= 0.3 is 0 Å². The van der Waals surface area contributed by atoms with Gasteiger partial charge in [-0.15, -0.1) is 0 Å². The summed E-state index contributed by atoms with van der Waals surface area (Å²) in [5.74, 6) is 0.370. The van der Waals surface area contributed by atoms with Gasteiger partial charge in [-0.05, 0) is 76.1 Å². The first-order chi connectivity index (χ1) is 12.5. The van der Waals surface area contributed by atoms with Gasteiger partial charge in [-0.2, -0.15) is 4.31 Å². The lowest BCUT2D eigenvalue weighted by Gasteiger charge is -2.23. The van der Waals surface area contributed by atoms with Crippen molar-refractivity contribution in [2.24, 2.45) is 0 Å². The van der Waals surface area contributed by atoms with E-state index in [9.17, 15) is 13.2 Å². The zero-order valence-corrected chi connectivity index (χ0v) is 17.5. The topological polar surface area (TPSA) is 63.7 Å². The Bertz CT molecular complexity index is 918. The summed E-state index contributed by atoms with van der Waals surface area (Å²) in [5.41, 5.74) is 2.59. The summed E-state index contributed by atoms with van der Waals surface area (Å²) in [5, 5.41) is 0. The van der Waals surface area contributed by atoms with E-state index in [4.69, 9.17) is 4.74 Å². The maximum absolute atomic E-state index is 12.9. The molecule has 0 aliphatic rings. The average Bonchev–Trinajstić information content (AvgIpc) is 2.62. The molecule has 6 heteroatoms. The van der Waals surface area contributed by atoms with Crippen molar-refractivity contribution < 1.29 is 17.9 Å². The van der Waals surface area contributed by atoms with Gasteiger partial charge in [-0.25, -0.2) is 8.42 Å². The smallest absolute Gasteiger partial charge is 0.243 e. The molecule has 2 rings (SSSR count). The van der Waals surface area contributed by atoms with Gasteiger partial charge in [0.15, 0.2) is 5.78 Å². The molecule has 0 radical (unpaired) electrons. The summed E-state index contributed by atoms with van der Waals surface area (Å²) in [6.07, 6.45) is 0.00532. The minimum Gasteiger partial charge on any atom is -0.491 e. The molecule has 0 fully saturated rings. The molecule has 2 aromatic rings. The molecule has 0 aliphatic carbocycles. The molecule has 1 unspecified atom stereocenters. The van der Waals surface area contributed by atoms with Gasteiger partial charge in [-0.1, -0.05) is 12.1 Å². The summed E-state index contributed by atoms with van der Waals surface area (Å²) in [6, 6.07) is 10.8. The molecule has 0 heterocycles. The standard InChI is InChI=1S/C21H27NO4S/c1-14(2)26-19-9-11-20(12-10-19)27(24,25)22(6)17(5)21(23)18-8-7-15(3)16(4)13-18/h7-14,17H,1-6H3. The Kier molecular flexibility index (Phi) is 6.44. The molecule has 0 amide bonds. The van der Waals surface area contributed by atoms with E-state index in [0.717, 1.165) is 15.4 Å². The third-order valence-electron chi connectivity index (χ3n) is 4.59. The second-order valence-corrected chi connectivity index (χ2v) is 9.00. The van der Waals surface area contributed by atoms with Crippen molar-refractivity contribution in [3.8, 4) is 5.75 Å². The number of ether oxygens (including phenoxy) is 1. The van der Waals surface area contributed by atoms with E-state index >= 15 is 0 Å². The second-order valence-electron chi connectivity index (χ2n) is 7.00. The molecule has 0 saturated carbocycles. The van der Waals surface area contributed by atoms with Crippen molar-refractivity contribution in [1.29, 1.82) is 0 Å². The van der Waals surface area contributed by atoms with Gasteiger partial charge < -0.3 is 4.74 Å². The van der Waals surface area contributed by atoms with Gasteiger partial charge in [0.05, 0.1) is 17.0 Å². The molecule has 5 nitrogen and oxygen atoms in total. The zero-order valence-electron chi connectivity index (χ0n) is 16.7. The van der Waals surface area contributed by atoms with Crippen LogP contribution in [-0.4, -0.2) is 37.7 Å². The highest BCUT2D eigenvalue weighted by molar-refractivity contribution is 7.89. The van der Waals surface area contributed by atoms with E-state index in [1.807, 2.05) is 33.8 Å². The lowest BCUT2D eigenvalue weighted by Crippen LogP contribution is -2.40. The maximum Gasteiger partial charge on any atom is 0.243 e. The maximum atomic E-state index is 12.9. The molecular formula is C21H27NO4S. The minimum absolute atomic E-state index is 0.00532. The summed E-state index contributed by atoms with van der Waals surface area (Å²) < 4.78 is 32.5. The molecule has 0 saturated heterocycles. The Labute approximate surface area is 162 Å². The number of Topliss-reactive ketones (excluding diaryl/α,β-unsaturated/α-hetero) is 1. The Morgan fingerprint density at radius 2 is 1.56 bits per heavy atom. The van der Waals surface area contributed by atoms with Crippen LogP contribution < -0.4 is 4.74 Å². The van der Waals surface area contributed by atoms with Crippen molar-refractivity contribution in [1.82, 2.24) is 4.31 Å². The van der Waals surface area contributed by atoms with Crippen LogP contribution in [0.15, 0.2) is 47.4 Å². The van der Waals surface area contributed by atoms with Crippen LogP contribution in [0.5, 0.6) is 5.75 Å². The summed E-state index contributed by atoms with van der Waals surface area (Å²) >= 11 is 0. The van der Waals surface area contributed by atoms with Gasteiger partial charge in [0.1, 0.15) is 5.75 Å². The number of hydrogen-bond acceptors (Lipinski definition) is 4. The largest absolute Gasteiger partial charge is 0.491 e. The number of hydrogen-bond donors (Lipinski definition) is 0. The van der Waals surface area contributed by atoms with Crippen molar-refractivity contribution in [2.45, 2.75) is 51.7 Å². The fraction of sp³-hybridized carbons (Fsp3) is 0.381.